The predicted molar refractivity (Wildman–Crippen MR) is 196 cm³/mol. The van der Waals surface area contributed by atoms with Gasteiger partial charge in [0.2, 0.25) is 0 Å². The number of hydrogen-bond donors (Lipinski definition) is 1. The second-order valence-electron chi connectivity index (χ2n) is 11.8. The quantitative estimate of drug-likeness (QED) is 0.122. The highest BCUT2D eigenvalue weighted by atomic mass is 16.6. The fourth-order valence-electron chi connectivity index (χ4n) is 6.74. The molecule has 0 bridgehead atoms. The zero-order chi connectivity index (χ0) is 32.6. The molecule has 0 amide bonds. The summed E-state index contributed by atoms with van der Waals surface area (Å²) in [7, 11) is 0. The van der Waals surface area contributed by atoms with E-state index in [1.165, 1.54) is 33.4 Å². The van der Waals surface area contributed by atoms with E-state index in [-0.39, 0.29) is 17.4 Å². The molecule has 47 heavy (non-hydrogen) atoms. The molecule has 1 N–H and O–H groups in total. The lowest BCUT2D eigenvalue weighted by Crippen LogP contribution is -2.30. The first-order valence-corrected chi connectivity index (χ1v) is 16.8. The Morgan fingerprint density at radius 2 is 0.617 bits per heavy atom. The molecule has 1 heterocycles. The first-order chi connectivity index (χ1) is 23.3. The number of ether oxygens (including phenoxy) is 1. The van der Waals surface area contributed by atoms with Gasteiger partial charge in [0.1, 0.15) is 0 Å². The van der Waals surface area contributed by atoms with Gasteiger partial charge in [-0.05, 0) is 46.2 Å². The molecule has 0 atom stereocenters. The molecule has 2 heteroatoms. The summed E-state index contributed by atoms with van der Waals surface area (Å²) >= 11 is 0. The Bertz CT molecular complexity index is 1360. The summed E-state index contributed by atoms with van der Waals surface area (Å²) in [5, 5.41) is 9.79. The molecular weight excluding hydrogens is 572 g/mol. The number of hydrogen-bond acceptors (Lipinski definition) is 2. The minimum absolute atomic E-state index is 0.0709. The Kier molecular flexibility index (Phi) is 12.3. The SMILES string of the molecule is C1CO1.CCCC(c1ccccc1)(c1ccccc1)c1ccccc1.OCCC(c1ccccc1)(c1ccccc1)c1ccccc1. The van der Waals surface area contributed by atoms with E-state index in [9.17, 15) is 5.11 Å². The number of rotatable bonds is 10. The third kappa shape index (κ3) is 8.16. The fourth-order valence-corrected chi connectivity index (χ4v) is 6.74. The van der Waals surface area contributed by atoms with Crippen molar-refractivity contribution in [1.29, 1.82) is 0 Å². The van der Waals surface area contributed by atoms with Gasteiger partial charge in [0, 0.05) is 17.4 Å². The summed E-state index contributed by atoms with van der Waals surface area (Å²) in [6.45, 7) is 4.41. The average Bonchev–Trinajstić information content (AvgIpc) is 4.06. The van der Waals surface area contributed by atoms with Gasteiger partial charge >= 0.3 is 0 Å². The Hall–Kier alpha value is -4.76. The number of aliphatic hydroxyl groups is 1. The van der Waals surface area contributed by atoms with Crippen LogP contribution in [0.4, 0.5) is 0 Å². The van der Waals surface area contributed by atoms with E-state index in [1.807, 2.05) is 18.2 Å². The van der Waals surface area contributed by atoms with E-state index < -0.39 is 0 Å². The molecule has 1 aliphatic rings. The van der Waals surface area contributed by atoms with Gasteiger partial charge in [-0.2, -0.15) is 0 Å². The van der Waals surface area contributed by atoms with Crippen LogP contribution >= 0.6 is 0 Å². The number of epoxide rings is 1. The van der Waals surface area contributed by atoms with Crippen LogP contribution in [0.3, 0.4) is 0 Å². The minimum atomic E-state index is -0.321. The summed E-state index contributed by atoms with van der Waals surface area (Å²) in [4.78, 5) is 0. The van der Waals surface area contributed by atoms with Gasteiger partial charge in [0.15, 0.2) is 0 Å². The van der Waals surface area contributed by atoms with Crippen LogP contribution in [0.25, 0.3) is 0 Å². The van der Waals surface area contributed by atoms with Crippen molar-refractivity contribution < 1.29 is 9.84 Å². The largest absolute Gasteiger partial charge is 0.396 e. The summed E-state index contributed by atoms with van der Waals surface area (Å²) in [6, 6.07) is 64.1. The lowest BCUT2D eigenvalue weighted by atomic mass is 9.67. The van der Waals surface area contributed by atoms with Crippen molar-refractivity contribution in [3.63, 3.8) is 0 Å². The monoisotopic (exact) mass is 618 g/mol. The molecule has 1 aliphatic heterocycles. The van der Waals surface area contributed by atoms with Crippen LogP contribution in [0, 0.1) is 0 Å². The Balaban J connectivity index is 0.000000169. The molecule has 0 radical (unpaired) electrons. The van der Waals surface area contributed by atoms with Crippen LogP contribution < -0.4 is 0 Å². The topological polar surface area (TPSA) is 32.8 Å². The van der Waals surface area contributed by atoms with Crippen molar-refractivity contribution in [2.24, 2.45) is 0 Å². The van der Waals surface area contributed by atoms with Gasteiger partial charge < -0.3 is 9.84 Å². The van der Waals surface area contributed by atoms with Crippen molar-refractivity contribution in [3.05, 3.63) is 215 Å². The van der Waals surface area contributed by atoms with E-state index in [1.54, 1.807) is 0 Å². The highest BCUT2D eigenvalue weighted by Crippen LogP contribution is 2.43. The van der Waals surface area contributed by atoms with Crippen LogP contribution in [-0.2, 0) is 15.6 Å². The third-order valence-corrected chi connectivity index (χ3v) is 8.92. The molecule has 0 aromatic heterocycles. The van der Waals surface area contributed by atoms with Crippen molar-refractivity contribution in [2.45, 2.75) is 37.0 Å². The maximum atomic E-state index is 9.79. The smallest absolute Gasteiger partial charge is 0.0701 e. The molecule has 7 rings (SSSR count). The van der Waals surface area contributed by atoms with Gasteiger partial charge in [0.25, 0.3) is 0 Å². The van der Waals surface area contributed by atoms with E-state index in [2.05, 4.69) is 175 Å². The van der Waals surface area contributed by atoms with Gasteiger partial charge in [0.05, 0.1) is 13.2 Å². The first kappa shape index (κ1) is 33.6. The standard InChI is InChI=1S/C22H22.C21H20O.C2H4O/c1-2-18-22(19-12-6-3-7-13-19,20-14-8-4-9-15-20)21-16-10-5-11-17-21;22-17-16-21(18-10-4-1-5-11-18,19-12-6-2-7-13-19)20-14-8-3-9-15-20;1-2-3-1/h3-17H,2,18H2,1H3;1-15,22H,16-17H2;1-2H2. The first-order valence-electron chi connectivity index (χ1n) is 16.8. The normalized spacial score (nSPS) is 12.1. The molecule has 0 aliphatic carbocycles. The Labute approximate surface area is 281 Å². The third-order valence-electron chi connectivity index (χ3n) is 8.92. The lowest BCUT2D eigenvalue weighted by molar-refractivity contribution is 0.265. The number of benzene rings is 6. The summed E-state index contributed by atoms with van der Waals surface area (Å²) in [5.41, 5.74) is 7.35. The van der Waals surface area contributed by atoms with Crippen LogP contribution in [0.5, 0.6) is 0 Å². The summed E-state index contributed by atoms with van der Waals surface area (Å²) < 4.78 is 4.50. The highest BCUT2D eigenvalue weighted by Gasteiger charge is 2.36. The minimum Gasteiger partial charge on any atom is -0.396 e. The van der Waals surface area contributed by atoms with Crippen molar-refractivity contribution in [2.75, 3.05) is 19.8 Å². The highest BCUT2D eigenvalue weighted by molar-refractivity contribution is 5.51. The van der Waals surface area contributed by atoms with Gasteiger partial charge in [-0.1, -0.05) is 195 Å². The zero-order valence-corrected chi connectivity index (χ0v) is 27.4. The van der Waals surface area contributed by atoms with E-state index in [4.69, 9.17) is 0 Å². The second-order valence-corrected chi connectivity index (χ2v) is 11.8. The van der Waals surface area contributed by atoms with Gasteiger partial charge in [-0.25, -0.2) is 0 Å². The molecule has 1 fully saturated rings. The predicted octanol–water partition coefficient (Wildman–Crippen LogP) is 10.2. The van der Waals surface area contributed by atoms with Crippen LogP contribution in [-0.4, -0.2) is 24.9 Å². The molecule has 0 unspecified atom stereocenters. The molecule has 238 valence electrons. The van der Waals surface area contributed by atoms with E-state index >= 15 is 0 Å². The maximum Gasteiger partial charge on any atom is 0.0701 e. The number of aliphatic hydroxyl groups excluding tert-OH is 1. The van der Waals surface area contributed by atoms with Crippen molar-refractivity contribution >= 4 is 0 Å². The maximum absolute atomic E-state index is 9.79. The molecule has 0 saturated carbocycles. The Morgan fingerprint density at radius 3 is 0.787 bits per heavy atom. The van der Waals surface area contributed by atoms with E-state index in [0.717, 1.165) is 26.1 Å². The Morgan fingerprint density at radius 1 is 0.404 bits per heavy atom. The van der Waals surface area contributed by atoms with Crippen molar-refractivity contribution in [3.8, 4) is 0 Å². The van der Waals surface area contributed by atoms with Crippen LogP contribution in [0.15, 0.2) is 182 Å². The fraction of sp³-hybridized carbons (Fsp3) is 0.200. The van der Waals surface area contributed by atoms with Gasteiger partial charge in [-0.15, -0.1) is 0 Å². The van der Waals surface area contributed by atoms with Crippen LogP contribution in [0.2, 0.25) is 0 Å². The molecule has 1 saturated heterocycles. The van der Waals surface area contributed by atoms with E-state index in [0.29, 0.717) is 6.42 Å². The zero-order valence-electron chi connectivity index (χ0n) is 27.4. The lowest BCUT2D eigenvalue weighted by Gasteiger charge is -2.36. The van der Waals surface area contributed by atoms with Gasteiger partial charge in [-0.3, -0.25) is 0 Å². The van der Waals surface area contributed by atoms with Crippen LogP contribution in [0.1, 0.15) is 59.6 Å². The summed E-state index contributed by atoms with van der Waals surface area (Å²) in [6.07, 6.45) is 2.90. The van der Waals surface area contributed by atoms with Crippen molar-refractivity contribution in [1.82, 2.24) is 0 Å². The molecule has 6 aromatic rings. The molecular formula is C45H46O2. The molecule has 6 aromatic carbocycles. The summed E-state index contributed by atoms with van der Waals surface area (Å²) in [5.74, 6) is 0. The average molecular weight is 619 g/mol. The second kappa shape index (κ2) is 17.2. The molecule has 0 spiro atoms. The molecule has 2 nitrogen and oxygen atoms in total.